The molecule has 1 atom stereocenters. The smallest absolute Gasteiger partial charge is 0.163 e. The lowest BCUT2D eigenvalue weighted by atomic mass is 9.86. The highest BCUT2D eigenvalue weighted by Crippen LogP contribution is 2.55. The summed E-state index contributed by atoms with van der Waals surface area (Å²) in [6, 6.07) is 2.11. The maximum absolute atomic E-state index is 10.3. The average molecular weight is 235 g/mol. The second-order valence-corrected chi connectivity index (χ2v) is 5.19. The van der Waals surface area contributed by atoms with Crippen LogP contribution in [0.5, 0.6) is 11.5 Å². The molecule has 1 aliphatic rings. The van der Waals surface area contributed by atoms with E-state index in [1.165, 1.54) is 0 Å². The largest absolute Gasteiger partial charge is 0.504 e. The van der Waals surface area contributed by atoms with Gasteiger partial charge < -0.3 is 15.6 Å². The number of aromatic hydroxyl groups is 1. The molecular formula is C14H21NO2. The summed E-state index contributed by atoms with van der Waals surface area (Å²) in [5, 5.41) is 10.3. The van der Waals surface area contributed by atoms with Gasteiger partial charge in [0.1, 0.15) is 0 Å². The summed E-state index contributed by atoms with van der Waals surface area (Å²) in [6.07, 6.45) is 2.09. The number of ether oxygens (including phenoxy) is 1. The Balaban J connectivity index is 2.60. The third-order valence-electron chi connectivity index (χ3n) is 4.16. The Bertz CT molecular complexity index is 448. The fraction of sp³-hybridized carbons (Fsp3) is 0.571. The van der Waals surface area contributed by atoms with Crippen LogP contribution in [-0.2, 0) is 5.41 Å². The second-order valence-electron chi connectivity index (χ2n) is 5.19. The molecule has 1 aliphatic carbocycles. The van der Waals surface area contributed by atoms with Crippen LogP contribution in [0.4, 0.5) is 0 Å². The van der Waals surface area contributed by atoms with Crippen LogP contribution in [0.1, 0.15) is 36.5 Å². The van der Waals surface area contributed by atoms with Crippen molar-refractivity contribution in [2.75, 3.05) is 7.11 Å². The lowest BCUT2D eigenvalue weighted by Gasteiger charge is -2.24. The topological polar surface area (TPSA) is 55.5 Å². The van der Waals surface area contributed by atoms with E-state index in [-0.39, 0.29) is 17.2 Å². The molecule has 94 valence electrons. The Morgan fingerprint density at radius 3 is 2.41 bits per heavy atom. The van der Waals surface area contributed by atoms with Gasteiger partial charge >= 0.3 is 0 Å². The maximum atomic E-state index is 10.3. The van der Waals surface area contributed by atoms with Crippen LogP contribution in [-0.4, -0.2) is 18.3 Å². The van der Waals surface area contributed by atoms with E-state index in [4.69, 9.17) is 10.5 Å². The first kappa shape index (κ1) is 12.2. The summed E-state index contributed by atoms with van der Waals surface area (Å²) in [4.78, 5) is 0. The standard InChI is InChI=1S/C14H21NO2/c1-8-7-11(14(5-6-14)10(3)15)12(16)13(17-4)9(8)2/h7,10,16H,5-6,15H2,1-4H3. The predicted molar refractivity (Wildman–Crippen MR) is 68.7 cm³/mol. The lowest BCUT2D eigenvalue weighted by molar-refractivity contribution is 0.362. The van der Waals surface area contributed by atoms with E-state index in [2.05, 4.69) is 6.07 Å². The molecule has 3 nitrogen and oxygen atoms in total. The number of nitrogens with two attached hydrogens (primary N) is 1. The molecule has 0 heterocycles. The SMILES string of the molecule is COc1c(C)c(C)cc(C2(C(C)N)CC2)c1O. The number of phenols is 1. The fourth-order valence-corrected chi connectivity index (χ4v) is 2.61. The van der Waals surface area contributed by atoms with Crippen molar-refractivity contribution in [1.82, 2.24) is 0 Å². The first-order valence-electron chi connectivity index (χ1n) is 6.07. The van der Waals surface area contributed by atoms with Gasteiger partial charge in [-0.3, -0.25) is 0 Å². The van der Waals surface area contributed by atoms with Crippen molar-refractivity contribution in [2.45, 2.75) is 45.1 Å². The number of hydrogen-bond donors (Lipinski definition) is 2. The van der Waals surface area contributed by atoms with E-state index in [0.29, 0.717) is 5.75 Å². The van der Waals surface area contributed by atoms with E-state index in [0.717, 1.165) is 29.5 Å². The van der Waals surface area contributed by atoms with E-state index >= 15 is 0 Å². The molecule has 0 aromatic heterocycles. The molecule has 0 spiro atoms. The predicted octanol–water partition coefficient (Wildman–Crippen LogP) is 2.40. The van der Waals surface area contributed by atoms with Crippen LogP contribution in [0, 0.1) is 13.8 Å². The molecule has 3 heteroatoms. The first-order chi connectivity index (χ1) is 7.94. The highest BCUT2D eigenvalue weighted by molar-refractivity contribution is 5.58. The zero-order valence-electron chi connectivity index (χ0n) is 11.0. The minimum atomic E-state index is -0.0458. The average Bonchev–Trinajstić information content (AvgIpc) is 3.05. The monoisotopic (exact) mass is 235 g/mol. The van der Waals surface area contributed by atoms with E-state index in [1.54, 1.807) is 7.11 Å². The van der Waals surface area contributed by atoms with Crippen molar-refractivity contribution in [1.29, 1.82) is 0 Å². The van der Waals surface area contributed by atoms with Crippen LogP contribution >= 0.6 is 0 Å². The van der Waals surface area contributed by atoms with Crippen LogP contribution in [0.25, 0.3) is 0 Å². The Morgan fingerprint density at radius 2 is 2.00 bits per heavy atom. The quantitative estimate of drug-likeness (QED) is 0.845. The number of rotatable bonds is 3. The van der Waals surface area contributed by atoms with Gasteiger partial charge in [0, 0.05) is 17.0 Å². The van der Waals surface area contributed by atoms with Crippen LogP contribution in [0.2, 0.25) is 0 Å². The Hall–Kier alpha value is -1.22. The summed E-state index contributed by atoms with van der Waals surface area (Å²) in [6.45, 7) is 6.01. The van der Waals surface area contributed by atoms with Gasteiger partial charge in [0.15, 0.2) is 11.5 Å². The van der Waals surface area contributed by atoms with Gasteiger partial charge in [-0.25, -0.2) is 0 Å². The van der Waals surface area contributed by atoms with E-state index in [9.17, 15) is 5.11 Å². The normalized spacial score (nSPS) is 18.9. The Labute approximate surface area is 103 Å². The molecule has 0 aliphatic heterocycles. The molecule has 1 aromatic rings. The summed E-state index contributed by atoms with van der Waals surface area (Å²) in [7, 11) is 1.59. The number of benzene rings is 1. The molecule has 1 fully saturated rings. The van der Waals surface area contributed by atoms with Crippen LogP contribution in [0.3, 0.4) is 0 Å². The van der Waals surface area contributed by atoms with Gasteiger partial charge in [0.25, 0.3) is 0 Å². The van der Waals surface area contributed by atoms with Crippen molar-refractivity contribution in [3.05, 3.63) is 22.8 Å². The minimum absolute atomic E-state index is 0.0458. The molecule has 0 radical (unpaired) electrons. The van der Waals surface area contributed by atoms with E-state index in [1.807, 2.05) is 20.8 Å². The lowest BCUT2D eigenvalue weighted by Crippen LogP contribution is -2.31. The molecule has 0 amide bonds. The van der Waals surface area contributed by atoms with Crippen molar-refractivity contribution >= 4 is 0 Å². The zero-order chi connectivity index (χ0) is 12.8. The van der Waals surface area contributed by atoms with Crippen molar-refractivity contribution < 1.29 is 9.84 Å². The molecule has 17 heavy (non-hydrogen) atoms. The minimum Gasteiger partial charge on any atom is -0.504 e. The molecule has 0 saturated heterocycles. The summed E-state index contributed by atoms with van der Waals surface area (Å²) >= 11 is 0. The van der Waals surface area contributed by atoms with Gasteiger partial charge in [-0.2, -0.15) is 0 Å². The third-order valence-corrected chi connectivity index (χ3v) is 4.16. The number of hydrogen-bond acceptors (Lipinski definition) is 3. The molecular weight excluding hydrogens is 214 g/mol. The van der Waals surface area contributed by atoms with Gasteiger partial charge in [0.2, 0.25) is 0 Å². The first-order valence-corrected chi connectivity index (χ1v) is 6.07. The van der Waals surface area contributed by atoms with Crippen molar-refractivity contribution in [3.8, 4) is 11.5 Å². The number of aryl methyl sites for hydroxylation is 1. The summed E-state index contributed by atoms with van der Waals surface area (Å²) in [5.74, 6) is 0.859. The number of phenolic OH excluding ortho intramolecular Hbond substituents is 1. The summed E-state index contributed by atoms with van der Waals surface area (Å²) in [5.41, 5.74) is 9.10. The second kappa shape index (κ2) is 3.91. The summed E-state index contributed by atoms with van der Waals surface area (Å²) < 4.78 is 5.31. The van der Waals surface area contributed by atoms with Gasteiger partial charge in [-0.05, 0) is 44.7 Å². The van der Waals surface area contributed by atoms with Gasteiger partial charge in [0.05, 0.1) is 7.11 Å². The third kappa shape index (κ3) is 1.69. The van der Waals surface area contributed by atoms with Gasteiger partial charge in [-0.1, -0.05) is 6.07 Å². The van der Waals surface area contributed by atoms with Crippen LogP contribution < -0.4 is 10.5 Å². The van der Waals surface area contributed by atoms with Crippen molar-refractivity contribution in [2.24, 2.45) is 5.73 Å². The molecule has 0 bridgehead atoms. The zero-order valence-corrected chi connectivity index (χ0v) is 11.0. The number of methoxy groups -OCH3 is 1. The highest BCUT2D eigenvalue weighted by Gasteiger charge is 2.49. The van der Waals surface area contributed by atoms with Gasteiger partial charge in [-0.15, -0.1) is 0 Å². The Morgan fingerprint density at radius 1 is 1.41 bits per heavy atom. The fourth-order valence-electron chi connectivity index (χ4n) is 2.61. The maximum Gasteiger partial charge on any atom is 0.163 e. The molecule has 3 N–H and O–H groups in total. The Kier molecular flexibility index (Phi) is 2.82. The molecule has 1 unspecified atom stereocenters. The van der Waals surface area contributed by atoms with Crippen molar-refractivity contribution in [3.63, 3.8) is 0 Å². The molecule has 1 aromatic carbocycles. The van der Waals surface area contributed by atoms with Crippen LogP contribution in [0.15, 0.2) is 6.07 Å². The van der Waals surface area contributed by atoms with E-state index < -0.39 is 0 Å². The highest BCUT2D eigenvalue weighted by atomic mass is 16.5. The molecule has 1 saturated carbocycles. The molecule has 2 rings (SSSR count).